The van der Waals surface area contributed by atoms with Crippen molar-refractivity contribution in [3.63, 3.8) is 0 Å². The summed E-state index contributed by atoms with van der Waals surface area (Å²) in [6.45, 7) is 1.02. The molecule has 2 aromatic rings. The van der Waals surface area contributed by atoms with E-state index >= 15 is 0 Å². The second-order valence-corrected chi connectivity index (χ2v) is 7.33. The quantitative estimate of drug-likeness (QED) is 0.643. The highest BCUT2D eigenvalue weighted by atomic mass is 16.5. The van der Waals surface area contributed by atoms with Gasteiger partial charge in [0.1, 0.15) is 5.75 Å². The van der Waals surface area contributed by atoms with Crippen LogP contribution in [0.1, 0.15) is 49.7 Å². The molecule has 28 heavy (non-hydrogen) atoms. The molecule has 1 aliphatic rings. The maximum Gasteiger partial charge on any atom is 0.319 e. The number of carbonyl (C=O) groups excluding carboxylic acids is 1. The van der Waals surface area contributed by atoms with Crippen molar-refractivity contribution in [2.45, 2.75) is 57.8 Å². The molecular formula is C23H30N2O3. The molecular weight excluding hydrogens is 352 g/mol. The number of nitrogens with one attached hydrogen (secondary N) is 2. The molecule has 0 spiro atoms. The SMILES string of the molecule is COc1ccc(COCc2cccc(NC(=O)NC3CCCCCC3)c2)cc1. The van der Waals surface area contributed by atoms with Gasteiger partial charge in [-0.3, -0.25) is 0 Å². The minimum atomic E-state index is -0.122. The highest BCUT2D eigenvalue weighted by Gasteiger charge is 2.14. The maximum absolute atomic E-state index is 12.3. The molecule has 2 N–H and O–H groups in total. The summed E-state index contributed by atoms with van der Waals surface area (Å²) in [7, 11) is 1.66. The largest absolute Gasteiger partial charge is 0.497 e. The van der Waals surface area contributed by atoms with Gasteiger partial charge in [0.2, 0.25) is 0 Å². The van der Waals surface area contributed by atoms with Crippen molar-refractivity contribution in [1.82, 2.24) is 5.32 Å². The first-order valence-corrected chi connectivity index (χ1v) is 10.1. The summed E-state index contributed by atoms with van der Waals surface area (Å²) < 4.78 is 11.0. The van der Waals surface area contributed by atoms with E-state index in [9.17, 15) is 4.79 Å². The Morgan fingerprint density at radius 1 is 0.964 bits per heavy atom. The maximum atomic E-state index is 12.3. The van der Waals surface area contributed by atoms with Gasteiger partial charge >= 0.3 is 6.03 Å². The number of hydrogen-bond donors (Lipinski definition) is 2. The van der Waals surface area contributed by atoms with E-state index in [0.29, 0.717) is 19.3 Å². The number of benzene rings is 2. The van der Waals surface area contributed by atoms with E-state index in [-0.39, 0.29) is 6.03 Å². The van der Waals surface area contributed by atoms with Gasteiger partial charge in [0.05, 0.1) is 20.3 Å². The van der Waals surface area contributed by atoms with Crippen LogP contribution < -0.4 is 15.4 Å². The average Bonchev–Trinajstić information content (AvgIpc) is 2.97. The van der Waals surface area contributed by atoms with Crippen LogP contribution in [0, 0.1) is 0 Å². The normalized spacial score (nSPS) is 14.9. The van der Waals surface area contributed by atoms with Crippen LogP contribution in [0.3, 0.4) is 0 Å². The fourth-order valence-electron chi connectivity index (χ4n) is 3.52. The molecule has 0 saturated heterocycles. The van der Waals surface area contributed by atoms with Crippen molar-refractivity contribution in [1.29, 1.82) is 0 Å². The van der Waals surface area contributed by atoms with Gasteiger partial charge in [0, 0.05) is 11.7 Å². The fraction of sp³-hybridized carbons (Fsp3) is 0.435. The van der Waals surface area contributed by atoms with E-state index in [2.05, 4.69) is 10.6 Å². The summed E-state index contributed by atoms with van der Waals surface area (Å²) in [6.07, 6.45) is 7.11. The van der Waals surface area contributed by atoms with Crippen LogP contribution in [0.2, 0.25) is 0 Å². The fourth-order valence-corrected chi connectivity index (χ4v) is 3.52. The molecule has 5 heteroatoms. The van der Waals surface area contributed by atoms with Gasteiger partial charge in [-0.25, -0.2) is 4.79 Å². The lowest BCUT2D eigenvalue weighted by molar-refractivity contribution is 0.107. The second kappa shape index (κ2) is 10.7. The van der Waals surface area contributed by atoms with Crippen molar-refractivity contribution >= 4 is 11.7 Å². The summed E-state index contributed by atoms with van der Waals surface area (Å²) in [5.41, 5.74) is 2.91. The first kappa shape index (κ1) is 20.2. The Morgan fingerprint density at radius 2 is 1.68 bits per heavy atom. The van der Waals surface area contributed by atoms with E-state index in [1.165, 1.54) is 25.7 Å². The minimum Gasteiger partial charge on any atom is -0.497 e. The molecule has 2 aromatic carbocycles. The topological polar surface area (TPSA) is 59.6 Å². The zero-order valence-electron chi connectivity index (χ0n) is 16.6. The van der Waals surface area contributed by atoms with Crippen LogP contribution in [-0.4, -0.2) is 19.2 Å². The van der Waals surface area contributed by atoms with Crippen LogP contribution in [-0.2, 0) is 18.0 Å². The van der Waals surface area contributed by atoms with E-state index in [1.807, 2.05) is 48.5 Å². The molecule has 0 radical (unpaired) electrons. The summed E-state index contributed by atoms with van der Waals surface area (Å²) >= 11 is 0. The Balaban J connectivity index is 1.45. The molecule has 0 heterocycles. The number of hydrogen-bond acceptors (Lipinski definition) is 3. The van der Waals surface area contributed by atoms with Gasteiger partial charge in [-0.1, -0.05) is 49.9 Å². The van der Waals surface area contributed by atoms with Crippen molar-refractivity contribution in [3.8, 4) is 5.75 Å². The van der Waals surface area contributed by atoms with Gasteiger partial charge in [-0.15, -0.1) is 0 Å². The molecule has 0 atom stereocenters. The predicted octanol–water partition coefficient (Wildman–Crippen LogP) is 5.26. The van der Waals surface area contributed by atoms with Crippen LogP contribution >= 0.6 is 0 Å². The predicted molar refractivity (Wildman–Crippen MR) is 112 cm³/mol. The standard InChI is InChI=1S/C23H30N2O3/c1-27-22-13-11-18(12-14-22)16-28-17-19-7-6-10-21(15-19)25-23(26)24-20-8-4-2-3-5-9-20/h6-7,10-15,20H,2-5,8-9,16-17H2,1H3,(H2,24,25,26). The number of methoxy groups -OCH3 is 1. The zero-order chi connectivity index (χ0) is 19.6. The third-order valence-electron chi connectivity index (χ3n) is 5.07. The molecule has 5 nitrogen and oxygen atoms in total. The molecule has 0 bridgehead atoms. The number of carbonyl (C=O) groups is 1. The third-order valence-corrected chi connectivity index (χ3v) is 5.07. The number of urea groups is 1. The van der Waals surface area contributed by atoms with Crippen LogP contribution in [0.15, 0.2) is 48.5 Å². The minimum absolute atomic E-state index is 0.122. The van der Waals surface area contributed by atoms with Gasteiger partial charge in [0.15, 0.2) is 0 Å². The number of rotatable bonds is 7. The van der Waals surface area contributed by atoms with E-state index in [1.54, 1.807) is 7.11 Å². The van der Waals surface area contributed by atoms with Crippen LogP contribution in [0.4, 0.5) is 10.5 Å². The Hall–Kier alpha value is -2.53. The summed E-state index contributed by atoms with van der Waals surface area (Å²) in [5, 5.41) is 6.06. The Bertz CT molecular complexity index is 738. The molecule has 1 saturated carbocycles. The van der Waals surface area contributed by atoms with Gasteiger partial charge in [-0.05, 0) is 48.2 Å². The highest BCUT2D eigenvalue weighted by Crippen LogP contribution is 2.18. The molecule has 1 aliphatic carbocycles. The Kier molecular flexibility index (Phi) is 7.73. The molecule has 0 aromatic heterocycles. The lowest BCUT2D eigenvalue weighted by atomic mass is 10.1. The molecule has 0 unspecified atom stereocenters. The molecule has 1 fully saturated rings. The summed E-state index contributed by atoms with van der Waals surface area (Å²) in [5.74, 6) is 0.838. The van der Waals surface area contributed by atoms with Crippen molar-refractivity contribution < 1.29 is 14.3 Å². The Labute approximate surface area is 167 Å². The second-order valence-electron chi connectivity index (χ2n) is 7.33. The lowest BCUT2D eigenvalue weighted by Gasteiger charge is -2.17. The molecule has 2 amide bonds. The van der Waals surface area contributed by atoms with Crippen molar-refractivity contribution in [2.24, 2.45) is 0 Å². The van der Waals surface area contributed by atoms with E-state index < -0.39 is 0 Å². The summed E-state index contributed by atoms with van der Waals surface area (Å²) in [4.78, 5) is 12.3. The van der Waals surface area contributed by atoms with E-state index in [0.717, 1.165) is 35.4 Å². The molecule has 3 rings (SSSR count). The third kappa shape index (κ3) is 6.57. The van der Waals surface area contributed by atoms with Gasteiger partial charge in [0.25, 0.3) is 0 Å². The Morgan fingerprint density at radius 3 is 2.39 bits per heavy atom. The van der Waals surface area contributed by atoms with Crippen molar-refractivity contribution in [2.75, 3.05) is 12.4 Å². The smallest absolute Gasteiger partial charge is 0.319 e. The van der Waals surface area contributed by atoms with Crippen molar-refractivity contribution in [3.05, 3.63) is 59.7 Å². The lowest BCUT2D eigenvalue weighted by Crippen LogP contribution is -2.37. The molecule has 150 valence electrons. The number of anilines is 1. The average molecular weight is 383 g/mol. The van der Waals surface area contributed by atoms with Crippen LogP contribution in [0.25, 0.3) is 0 Å². The first-order chi connectivity index (χ1) is 13.7. The number of ether oxygens (including phenoxy) is 2. The van der Waals surface area contributed by atoms with E-state index in [4.69, 9.17) is 9.47 Å². The van der Waals surface area contributed by atoms with Crippen LogP contribution in [0.5, 0.6) is 5.75 Å². The van der Waals surface area contributed by atoms with Gasteiger partial charge in [-0.2, -0.15) is 0 Å². The number of amides is 2. The molecule has 0 aliphatic heterocycles. The monoisotopic (exact) mass is 382 g/mol. The highest BCUT2D eigenvalue weighted by molar-refractivity contribution is 5.89. The first-order valence-electron chi connectivity index (χ1n) is 10.1. The van der Waals surface area contributed by atoms with Gasteiger partial charge < -0.3 is 20.1 Å². The summed E-state index contributed by atoms with van der Waals surface area (Å²) in [6, 6.07) is 15.8. The zero-order valence-corrected chi connectivity index (χ0v) is 16.6.